The lowest BCUT2D eigenvalue weighted by atomic mass is 9.82. The van der Waals surface area contributed by atoms with E-state index in [1.165, 1.54) is 5.56 Å². The zero-order valence-electron chi connectivity index (χ0n) is 13.1. The number of unbranched alkanes of at least 4 members (excludes halogenated alkanes) is 1. The van der Waals surface area contributed by atoms with E-state index in [0.717, 1.165) is 19.3 Å². The van der Waals surface area contributed by atoms with Gasteiger partial charge in [0.2, 0.25) is 0 Å². The number of ether oxygens (including phenoxy) is 1. The summed E-state index contributed by atoms with van der Waals surface area (Å²) < 4.78 is 5.42. The lowest BCUT2D eigenvalue weighted by Crippen LogP contribution is -2.28. The van der Waals surface area contributed by atoms with Crippen molar-refractivity contribution in [1.29, 1.82) is 0 Å². The zero-order valence-corrected chi connectivity index (χ0v) is 13.1. The summed E-state index contributed by atoms with van der Waals surface area (Å²) in [6.45, 7) is 2.16. The van der Waals surface area contributed by atoms with Crippen LogP contribution < -0.4 is 4.74 Å². The van der Waals surface area contributed by atoms with Gasteiger partial charge in [-0.1, -0.05) is 25.5 Å². The predicted octanol–water partition coefficient (Wildman–Crippen LogP) is 3.83. The first kappa shape index (κ1) is 16.5. The molecule has 0 spiro atoms. The summed E-state index contributed by atoms with van der Waals surface area (Å²) in [6.07, 6.45) is 5.69. The van der Waals surface area contributed by atoms with Gasteiger partial charge >= 0.3 is 11.9 Å². The first-order chi connectivity index (χ1) is 10.6. The molecule has 1 saturated carbocycles. The number of carboxylic acids is 1. The third-order valence-corrected chi connectivity index (χ3v) is 4.37. The Morgan fingerprint density at radius 3 is 2.23 bits per heavy atom. The highest BCUT2D eigenvalue weighted by Gasteiger charge is 2.30. The molecule has 2 rings (SSSR count). The third-order valence-electron chi connectivity index (χ3n) is 4.37. The maximum Gasteiger partial charge on any atom is 0.314 e. The van der Waals surface area contributed by atoms with E-state index in [-0.39, 0.29) is 17.8 Å². The number of carbonyl (C=O) groups excluding carboxylic acids is 1. The minimum atomic E-state index is -0.755. The van der Waals surface area contributed by atoms with E-state index < -0.39 is 5.97 Å². The van der Waals surface area contributed by atoms with Gasteiger partial charge in [0.05, 0.1) is 11.8 Å². The molecule has 0 saturated heterocycles. The average Bonchev–Trinajstić information content (AvgIpc) is 2.54. The number of hydrogen-bond acceptors (Lipinski definition) is 3. The predicted molar refractivity (Wildman–Crippen MR) is 83.8 cm³/mol. The largest absolute Gasteiger partial charge is 0.481 e. The van der Waals surface area contributed by atoms with E-state index in [1.54, 1.807) is 0 Å². The Bertz CT molecular complexity index is 498. The molecule has 120 valence electrons. The van der Waals surface area contributed by atoms with Gasteiger partial charge in [0.1, 0.15) is 5.75 Å². The topological polar surface area (TPSA) is 63.6 Å². The van der Waals surface area contributed by atoms with E-state index in [1.807, 2.05) is 24.3 Å². The van der Waals surface area contributed by atoms with Crippen molar-refractivity contribution in [2.24, 2.45) is 11.8 Å². The molecule has 1 aromatic carbocycles. The molecule has 4 nitrogen and oxygen atoms in total. The van der Waals surface area contributed by atoms with Crippen molar-refractivity contribution in [3.05, 3.63) is 29.8 Å². The molecule has 1 N–H and O–H groups in total. The van der Waals surface area contributed by atoms with Crippen molar-refractivity contribution in [3.8, 4) is 5.75 Å². The molecule has 1 aliphatic carbocycles. The van der Waals surface area contributed by atoms with Crippen LogP contribution in [0.2, 0.25) is 0 Å². The summed E-state index contributed by atoms with van der Waals surface area (Å²) in [4.78, 5) is 23.0. The molecule has 0 radical (unpaired) electrons. The smallest absolute Gasteiger partial charge is 0.314 e. The van der Waals surface area contributed by atoms with Crippen LogP contribution in [0.25, 0.3) is 0 Å². The van der Waals surface area contributed by atoms with Crippen LogP contribution in [0.5, 0.6) is 5.75 Å². The molecule has 4 heteroatoms. The fourth-order valence-electron chi connectivity index (χ4n) is 2.88. The van der Waals surface area contributed by atoms with Gasteiger partial charge in [0.25, 0.3) is 0 Å². The van der Waals surface area contributed by atoms with Crippen LogP contribution in [0.3, 0.4) is 0 Å². The highest BCUT2D eigenvalue weighted by atomic mass is 16.5. The summed E-state index contributed by atoms with van der Waals surface area (Å²) in [5.41, 5.74) is 1.25. The Labute approximate surface area is 131 Å². The first-order valence-electron chi connectivity index (χ1n) is 8.13. The van der Waals surface area contributed by atoms with E-state index in [4.69, 9.17) is 9.84 Å². The molecule has 22 heavy (non-hydrogen) atoms. The van der Waals surface area contributed by atoms with Gasteiger partial charge in [-0.05, 0) is 56.2 Å². The van der Waals surface area contributed by atoms with E-state index >= 15 is 0 Å². The molecule has 1 aromatic rings. The second-order valence-electron chi connectivity index (χ2n) is 6.06. The third kappa shape index (κ3) is 4.58. The molecule has 0 amide bonds. The van der Waals surface area contributed by atoms with E-state index in [2.05, 4.69) is 6.92 Å². The molecule has 0 aliphatic heterocycles. The minimum Gasteiger partial charge on any atom is -0.481 e. The fourth-order valence-corrected chi connectivity index (χ4v) is 2.88. The fraction of sp³-hybridized carbons (Fsp3) is 0.556. The SMILES string of the molecule is CCCCc1ccc(OC(=O)[C@H]2CC[C@H](C(=O)O)CC2)cc1. The Kier molecular flexibility index (Phi) is 5.99. The number of carbonyl (C=O) groups is 2. The van der Waals surface area contributed by atoms with E-state index in [0.29, 0.717) is 31.4 Å². The van der Waals surface area contributed by atoms with Crippen molar-refractivity contribution in [1.82, 2.24) is 0 Å². The average molecular weight is 304 g/mol. The lowest BCUT2D eigenvalue weighted by Gasteiger charge is -2.24. The molecule has 0 atom stereocenters. The van der Waals surface area contributed by atoms with Crippen molar-refractivity contribution in [2.45, 2.75) is 51.9 Å². The maximum atomic E-state index is 12.1. The molecule has 0 heterocycles. The second-order valence-corrected chi connectivity index (χ2v) is 6.06. The maximum absolute atomic E-state index is 12.1. The number of hydrogen-bond donors (Lipinski definition) is 1. The zero-order chi connectivity index (χ0) is 15.9. The number of aliphatic carboxylic acids is 1. The van der Waals surface area contributed by atoms with Gasteiger partial charge in [-0.2, -0.15) is 0 Å². The standard InChI is InChI=1S/C18H24O4/c1-2-3-4-13-5-11-16(12-6-13)22-18(21)15-9-7-14(8-10-15)17(19)20/h5-6,11-12,14-15H,2-4,7-10H2,1H3,(H,19,20)/t14-,15-. The summed E-state index contributed by atoms with van der Waals surface area (Å²) in [5, 5.41) is 8.97. The van der Waals surface area contributed by atoms with Crippen molar-refractivity contribution in [3.63, 3.8) is 0 Å². The normalized spacial score (nSPS) is 21.3. The van der Waals surface area contributed by atoms with Crippen molar-refractivity contribution < 1.29 is 19.4 Å². The van der Waals surface area contributed by atoms with E-state index in [9.17, 15) is 9.59 Å². The number of benzene rings is 1. The van der Waals surface area contributed by atoms with Crippen LogP contribution in [-0.4, -0.2) is 17.0 Å². The van der Waals surface area contributed by atoms with Gasteiger partial charge in [0.15, 0.2) is 0 Å². The highest BCUT2D eigenvalue weighted by Crippen LogP contribution is 2.30. The molecular weight excluding hydrogens is 280 g/mol. The molecule has 1 aliphatic rings. The van der Waals surface area contributed by atoms with Crippen LogP contribution in [0.1, 0.15) is 51.0 Å². The van der Waals surface area contributed by atoms with Gasteiger partial charge in [0, 0.05) is 0 Å². The quantitative estimate of drug-likeness (QED) is 0.641. The van der Waals surface area contributed by atoms with Crippen molar-refractivity contribution in [2.75, 3.05) is 0 Å². The van der Waals surface area contributed by atoms with Gasteiger partial charge in [-0.15, -0.1) is 0 Å². The van der Waals surface area contributed by atoms with Crippen LogP contribution in [-0.2, 0) is 16.0 Å². The van der Waals surface area contributed by atoms with Crippen molar-refractivity contribution >= 4 is 11.9 Å². The Hall–Kier alpha value is -1.84. The Morgan fingerprint density at radius 2 is 1.68 bits per heavy atom. The van der Waals surface area contributed by atoms with Crippen LogP contribution >= 0.6 is 0 Å². The minimum absolute atomic E-state index is 0.171. The second kappa shape index (κ2) is 7.97. The monoisotopic (exact) mass is 304 g/mol. The van der Waals surface area contributed by atoms with Crippen LogP contribution in [0.15, 0.2) is 24.3 Å². The van der Waals surface area contributed by atoms with Gasteiger partial charge in [-0.25, -0.2) is 0 Å². The Balaban J connectivity index is 1.83. The summed E-state index contributed by atoms with van der Waals surface area (Å²) in [6, 6.07) is 7.68. The highest BCUT2D eigenvalue weighted by molar-refractivity contribution is 5.76. The van der Waals surface area contributed by atoms with Crippen LogP contribution in [0, 0.1) is 11.8 Å². The number of aryl methyl sites for hydroxylation is 1. The molecule has 1 fully saturated rings. The molecule has 0 unspecified atom stereocenters. The van der Waals surface area contributed by atoms with Gasteiger partial charge in [-0.3, -0.25) is 9.59 Å². The van der Waals surface area contributed by atoms with Gasteiger partial charge < -0.3 is 9.84 Å². The number of carboxylic acid groups (broad SMARTS) is 1. The summed E-state index contributed by atoms with van der Waals surface area (Å²) in [5.74, 6) is -0.887. The molecule has 0 bridgehead atoms. The summed E-state index contributed by atoms with van der Waals surface area (Å²) in [7, 11) is 0. The molecule has 0 aromatic heterocycles. The first-order valence-corrected chi connectivity index (χ1v) is 8.13. The number of rotatable bonds is 6. The Morgan fingerprint density at radius 1 is 1.09 bits per heavy atom. The number of esters is 1. The molecular formula is C18H24O4. The lowest BCUT2D eigenvalue weighted by molar-refractivity contribution is -0.146. The summed E-state index contributed by atoms with van der Waals surface area (Å²) >= 11 is 0. The van der Waals surface area contributed by atoms with Crippen LogP contribution in [0.4, 0.5) is 0 Å².